The fraction of sp³-hybridized carbons (Fsp3) is 0.522. The minimum absolute atomic E-state index is 0.0430. The number of fused-ring (bicyclic) bond motifs is 1. The van der Waals surface area contributed by atoms with Crippen molar-refractivity contribution < 1.29 is 13.2 Å². The lowest BCUT2D eigenvalue weighted by Gasteiger charge is -2.15. The molecule has 0 aliphatic heterocycles. The summed E-state index contributed by atoms with van der Waals surface area (Å²) >= 11 is 0. The molecule has 178 valence electrons. The van der Waals surface area contributed by atoms with Crippen LogP contribution in [0.3, 0.4) is 0 Å². The molecule has 2 aliphatic rings. The summed E-state index contributed by atoms with van der Waals surface area (Å²) in [5.41, 5.74) is 3.86. The number of amides is 1. The molecular weight excluding hydrogens is 444 g/mol. The van der Waals surface area contributed by atoms with Gasteiger partial charge in [-0.3, -0.25) is 19.1 Å². The van der Waals surface area contributed by atoms with E-state index < -0.39 is 27.2 Å². The number of benzene rings is 1. The monoisotopic (exact) mass is 474 g/mol. The van der Waals surface area contributed by atoms with Gasteiger partial charge in [-0.05, 0) is 62.1 Å². The third kappa shape index (κ3) is 6.33. The van der Waals surface area contributed by atoms with E-state index in [1.165, 1.54) is 16.7 Å². The highest BCUT2D eigenvalue weighted by Gasteiger charge is 2.41. The number of carbonyl (C=O) groups is 1. The van der Waals surface area contributed by atoms with E-state index in [1.54, 1.807) is 6.07 Å². The lowest BCUT2D eigenvalue weighted by atomic mass is 10.1. The highest BCUT2D eigenvalue weighted by atomic mass is 32.2. The van der Waals surface area contributed by atoms with Crippen LogP contribution in [-0.2, 0) is 21.4 Å². The summed E-state index contributed by atoms with van der Waals surface area (Å²) in [5, 5.41) is 0.215. The zero-order valence-electron chi connectivity index (χ0n) is 19.3. The number of hydrogen-bond acceptors (Lipinski definition) is 5. The zero-order valence-corrected chi connectivity index (χ0v) is 20.1. The van der Waals surface area contributed by atoms with Gasteiger partial charge in [0, 0.05) is 18.0 Å². The van der Waals surface area contributed by atoms with Crippen molar-refractivity contribution in [2.75, 3.05) is 0 Å². The molecule has 0 radical (unpaired) electrons. The molecule has 0 bridgehead atoms. The summed E-state index contributed by atoms with van der Waals surface area (Å²) in [6, 6.07) is 4.37. The number of nitrogens with one attached hydrogen (secondary N) is 2. The predicted octanol–water partition coefficient (Wildman–Crippen LogP) is 1.45. The maximum atomic E-state index is 12.5. The Morgan fingerprint density at radius 3 is 2.33 bits per heavy atom. The van der Waals surface area contributed by atoms with Crippen LogP contribution in [0.4, 0.5) is 0 Å². The second-order valence-electron chi connectivity index (χ2n) is 9.79. The Hall–Kier alpha value is -2.90. The van der Waals surface area contributed by atoms with Gasteiger partial charge in [-0.2, -0.15) is 0 Å². The average Bonchev–Trinajstić information content (AvgIpc) is 3.62. The Kier molecular flexibility index (Phi) is 6.60. The number of hydrogen-bond donors (Lipinski definition) is 3. The first-order valence-electron chi connectivity index (χ1n) is 10.9. The van der Waals surface area contributed by atoms with E-state index in [0.29, 0.717) is 12.1 Å². The van der Waals surface area contributed by atoms with Gasteiger partial charge in [0.25, 0.3) is 11.5 Å². The molecule has 4 rings (SSSR count). The number of aromatic nitrogens is 2. The molecule has 1 amide bonds. The number of H-pyrrole nitrogens is 1. The van der Waals surface area contributed by atoms with Crippen molar-refractivity contribution in [1.82, 2.24) is 14.3 Å². The lowest BCUT2D eigenvalue weighted by Crippen LogP contribution is -2.35. The maximum Gasteiger partial charge on any atom is 0.328 e. The number of sulfonamides is 1. The summed E-state index contributed by atoms with van der Waals surface area (Å²) in [5.74, 6) is 4.52. The first-order valence-corrected chi connectivity index (χ1v) is 12.3. The van der Waals surface area contributed by atoms with Crippen molar-refractivity contribution in [3.8, 4) is 11.8 Å². The molecule has 0 saturated heterocycles. The smallest absolute Gasteiger partial charge is 0.328 e. The maximum absolute atomic E-state index is 12.5. The molecule has 2 aromatic rings. The standard InChI is InChI=1S/C17H21N3O4S.C6H9NO/c1-16(5-6-16)10-20-13-4-3-11(9-12(13)14(21)18-15(20)22)25(23,24)19-17(2)7-8-17;1-5(2)3-4-6(7)8/h3-4,9,19H,5-8,10H2,1-2H3,(H,18,21,22);5H,1-2H3,(H2,7,8). The Bertz CT molecular complexity index is 1370. The molecule has 33 heavy (non-hydrogen) atoms. The van der Waals surface area contributed by atoms with Crippen molar-refractivity contribution in [2.45, 2.75) is 70.4 Å². The molecule has 1 aromatic carbocycles. The number of primary amides is 1. The first kappa shape index (κ1) is 24.7. The number of rotatable bonds is 5. The third-order valence-electron chi connectivity index (χ3n) is 5.79. The van der Waals surface area contributed by atoms with Gasteiger partial charge < -0.3 is 5.73 Å². The van der Waals surface area contributed by atoms with Gasteiger partial charge in [-0.1, -0.05) is 26.7 Å². The predicted molar refractivity (Wildman–Crippen MR) is 126 cm³/mol. The van der Waals surface area contributed by atoms with E-state index in [0.717, 1.165) is 25.7 Å². The van der Waals surface area contributed by atoms with Gasteiger partial charge in [-0.15, -0.1) is 0 Å². The molecular formula is C23H30N4O5S. The summed E-state index contributed by atoms with van der Waals surface area (Å²) < 4.78 is 29.3. The SMILES string of the molecule is CC(C)C#CC(N)=O.CC1(Cn2c(=O)[nH]c(=O)c3cc(S(=O)(=O)NC4(C)CC4)ccc32)CC1. The lowest BCUT2D eigenvalue weighted by molar-refractivity contribution is -0.112. The first-order chi connectivity index (χ1) is 15.2. The van der Waals surface area contributed by atoms with E-state index in [-0.39, 0.29) is 27.2 Å². The quantitative estimate of drug-likeness (QED) is 0.562. The second-order valence-corrected chi connectivity index (χ2v) is 11.5. The van der Waals surface area contributed by atoms with E-state index in [2.05, 4.69) is 28.5 Å². The number of carbonyl (C=O) groups excluding carboxylic acids is 1. The Morgan fingerprint density at radius 2 is 1.85 bits per heavy atom. The minimum Gasteiger partial charge on any atom is -0.359 e. The van der Waals surface area contributed by atoms with Crippen LogP contribution >= 0.6 is 0 Å². The molecule has 1 aromatic heterocycles. The van der Waals surface area contributed by atoms with Crippen molar-refractivity contribution in [3.05, 3.63) is 39.0 Å². The Balaban J connectivity index is 0.000000331. The van der Waals surface area contributed by atoms with Gasteiger partial charge in [0.2, 0.25) is 10.0 Å². The van der Waals surface area contributed by atoms with Crippen molar-refractivity contribution in [2.24, 2.45) is 17.1 Å². The van der Waals surface area contributed by atoms with E-state index >= 15 is 0 Å². The molecule has 0 atom stereocenters. The van der Waals surface area contributed by atoms with Crippen LogP contribution in [0.25, 0.3) is 10.9 Å². The van der Waals surface area contributed by atoms with Crippen molar-refractivity contribution in [3.63, 3.8) is 0 Å². The Morgan fingerprint density at radius 1 is 1.21 bits per heavy atom. The minimum atomic E-state index is -3.70. The van der Waals surface area contributed by atoms with E-state index in [9.17, 15) is 22.8 Å². The van der Waals surface area contributed by atoms with Gasteiger partial charge >= 0.3 is 5.69 Å². The summed E-state index contributed by atoms with van der Waals surface area (Å²) in [6.45, 7) is 8.26. The fourth-order valence-corrected chi connectivity index (χ4v) is 4.73. The third-order valence-corrected chi connectivity index (χ3v) is 7.42. The van der Waals surface area contributed by atoms with Crippen molar-refractivity contribution in [1.29, 1.82) is 0 Å². The number of aromatic amines is 1. The molecule has 1 heterocycles. The highest BCUT2D eigenvalue weighted by molar-refractivity contribution is 7.89. The van der Waals surface area contributed by atoms with Gasteiger partial charge in [0.1, 0.15) is 0 Å². The topological polar surface area (TPSA) is 144 Å². The van der Waals surface area contributed by atoms with Gasteiger partial charge in [0.05, 0.1) is 15.8 Å². The summed E-state index contributed by atoms with van der Waals surface area (Å²) in [4.78, 5) is 36.7. The average molecular weight is 475 g/mol. The van der Waals surface area contributed by atoms with Crippen molar-refractivity contribution >= 4 is 26.8 Å². The van der Waals surface area contributed by atoms with Gasteiger partial charge in [0.15, 0.2) is 0 Å². The largest absolute Gasteiger partial charge is 0.359 e. The van der Waals surface area contributed by atoms with Crippen LogP contribution in [0, 0.1) is 23.2 Å². The zero-order chi connectivity index (χ0) is 24.6. The van der Waals surface area contributed by atoms with E-state index in [1.807, 2.05) is 20.8 Å². The van der Waals surface area contributed by atoms with Crippen LogP contribution in [0.2, 0.25) is 0 Å². The molecule has 2 fully saturated rings. The number of nitrogens with two attached hydrogens (primary N) is 1. The summed E-state index contributed by atoms with van der Waals surface area (Å²) in [6.07, 6.45) is 3.68. The molecule has 0 spiro atoms. The molecule has 0 unspecified atom stereocenters. The molecule has 9 nitrogen and oxygen atoms in total. The van der Waals surface area contributed by atoms with Crippen LogP contribution in [0.1, 0.15) is 53.4 Å². The number of nitrogens with zero attached hydrogens (tertiary/aromatic N) is 1. The normalized spacial score (nSPS) is 17.5. The fourth-order valence-electron chi connectivity index (χ4n) is 3.24. The van der Waals surface area contributed by atoms with Crippen LogP contribution < -0.4 is 21.7 Å². The molecule has 4 N–H and O–H groups in total. The molecule has 10 heteroatoms. The highest BCUT2D eigenvalue weighted by Crippen LogP contribution is 2.46. The van der Waals surface area contributed by atoms with Crippen LogP contribution in [0.15, 0.2) is 32.7 Å². The Labute approximate surface area is 192 Å². The van der Waals surface area contributed by atoms with Crippen LogP contribution in [-0.4, -0.2) is 29.4 Å². The van der Waals surface area contributed by atoms with E-state index in [4.69, 9.17) is 5.73 Å². The summed E-state index contributed by atoms with van der Waals surface area (Å²) in [7, 11) is -3.70. The van der Waals surface area contributed by atoms with Crippen LogP contribution in [0.5, 0.6) is 0 Å². The second kappa shape index (κ2) is 8.80. The molecule has 2 saturated carbocycles. The van der Waals surface area contributed by atoms with Gasteiger partial charge in [-0.25, -0.2) is 17.9 Å². The molecule has 2 aliphatic carbocycles.